The molecule has 1 N–H and O–H groups in total. The summed E-state index contributed by atoms with van der Waals surface area (Å²) >= 11 is 9.94. The molecule has 33 heavy (non-hydrogen) atoms. The molecule has 1 aliphatic carbocycles. The molecule has 7 heteroatoms. The Labute approximate surface area is 206 Å². The second kappa shape index (κ2) is 8.35. The molecule has 4 aromatic rings. The van der Waals surface area contributed by atoms with E-state index in [1.807, 2.05) is 41.4 Å². The van der Waals surface area contributed by atoms with Crippen molar-refractivity contribution >= 4 is 46.0 Å². The molecule has 2 amide bonds. The van der Waals surface area contributed by atoms with Gasteiger partial charge in [0.05, 0.1) is 12.2 Å². The molecular formula is C26H24ClN3OS2. The first-order chi connectivity index (χ1) is 16.1. The number of nitrogens with one attached hydrogen (secondary N) is 1. The van der Waals surface area contributed by atoms with Gasteiger partial charge in [-0.15, -0.1) is 22.7 Å². The molecule has 0 saturated heterocycles. The zero-order valence-corrected chi connectivity index (χ0v) is 20.7. The largest absolute Gasteiger partial charge is 0.323 e. The number of amides is 2. The van der Waals surface area contributed by atoms with Gasteiger partial charge in [-0.1, -0.05) is 23.7 Å². The fourth-order valence-electron chi connectivity index (χ4n) is 5.06. The maximum absolute atomic E-state index is 13.9. The van der Waals surface area contributed by atoms with E-state index in [2.05, 4.69) is 45.7 Å². The van der Waals surface area contributed by atoms with Gasteiger partial charge in [-0.3, -0.25) is 0 Å². The molecule has 0 unspecified atom stereocenters. The quantitative estimate of drug-likeness (QED) is 0.307. The summed E-state index contributed by atoms with van der Waals surface area (Å²) in [4.78, 5) is 18.6. The summed E-state index contributed by atoms with van der Waals surface area (Å²) < 4.78 is 2.32. The van der Waals surface area contributed by atoms with Gasteiger partial charge in [-0.25, -0.2) is 4.79 Å². The highest BCUT2D eigenvalue weighted by Crippen LogP contribution is 2.44. The van der Waals surface area contributed by atoms with Crippen molar-refractivity contribution in [1.29, 1.82) is 0 Å². The van der Waals surface area contributed by atoms with Crippen LogP contribution in [0.3, 0.4) is 0 Å². The summed E-state index contributed by atoms with van der Waals surface area (Å²) in [5.74, 6) is 0. The fourth-order valence-corrected chi connectivity index (χ4v) is 7.49. The summed E-state index contributed by atoms with van der Waals surface area (Å²) in [6, 6.07) is 13.8. The molecule has 0 spiro atoms. The molecule has 1 atom stereocenters. The number of fused-ring (bicyclic) bond motifs is 5. The highest BCUT2D eigenvalue weighted by Gasteiger charge is 2.36. The van der Waals surface area contributed by atoms with E-state index in [-0.39, 0.29) is 12.1 Å². The van der Waals surface area contributed by atoms with Crippen LogP contribution in [0, 0.1) is 6.92 Å². The lowest BCUT2D eigenvalue weighted by atomic mass is 9.95. The van der Waals surface area contributed by atoms with Crippen molar-refractivity contribution in [2.24, 2.45) is 0 Å². The molecule has 4 nitrogen and oxygen atoms in total. The number of hydrogen-bond donors (Lipinski definition) is 1. The molecule has 168 valence electrons. The van der Waals surface area contributed by atoms with Crippen LogP contribution >= 0.6 is 34.3 Å². The van der Waals surface area contributed by atoms with Gasteiger partial charge in [0, 0.05) is 32.2 Å². The van der Waals surface area contributed by atoms with Crippen LogP contribution in [0.25, 0.3) is 5.00 Å². The van der Waals surface area contributed by atoms with Gasteiger partial charge >= 0.3 is 6.03 Å². The van der Waals surface area contributed by atoms with E-state index in [4.69, 9.17) is 11.6 Å². The normalized spacial score (nSPS) is 17.2. The molecule has 0 fully saturated rings. The van der Waals surface area contributed by atoms with Crippen molar-refractivity contribution in [3.8, 4) is 5.00 Å². The number of hydrogen-bond acceptors (Lipinski definition) is 3. The number of nitrogens with zero attached hydrogens (tertiary/aromatic N) is 2. The maximum Gasteiger partial charge on any atom is 0.323 e. The highest BCUT2D eigenvalue weighted by atomic mass is 35.5. The molecule has 3 aromatic heterocycles. The Kier molecular flexibility index (Phi) is 5.32. The molecular weight excluding hydrogens is 470 g/mol. The van der Waals surface area contributed by atoms with E-state index in [1.54, 1.807) is 11.3 Å². The van der Waals surface area contributed by atoms with Crippen molar-refractivity contribution in [3.63, 3.8) is 0 Å². The van der Waals surface area contributed by atoms with Crippen LogP contribution in [0.4, 0.5) is 10.5 Å². The Morgan fingerprint density at radius 1 is 1.09 bits per heavy atom. The molecule has 4 heterocycles. The van der Waals surface area contributed by atoms with E-state index < -0.39 is 0 Å². The minimum absolute atomic E-state index is 0.102. The standard InChI is InChI=1S/C26H24ClN3OS2/c1-16-19(27)8-4-9-20(16)28-26(31)30-15-18-17-7-2-3-11-22(17)33-25(18)29-13-5-10-21(29)24(30)23-12-6-14-32-23/h4-6,8-10,12-14,24H,2-3,7,11,15H2,1H3,(H,28,31)/t24-/m1/s1. The number of aryl methyl sites for hydroxylation is 1. The van der Waals surface area contributed by atoms with E-state index >= 15 is 0 Å². The molecule has 1 aliphatic heterocycles. The predicted molar refractivity (Wildman–Crippen MR) is 137 cm³/mol. The minimum Gasteiger partial charge on any atom is -0.310 e. The van der Waals surface area contributed by atoms with E-state index in [1.165, 1.54) is 33.8 Å². The molecule has 0 bridgehead atoms. The zero-order valence-electron chi connectivity index (χ0n) is 18.3. The summed E-state index contributed by atoms with van der Waals surface area (Å²) in [5.41, 5.74) is 5.54. The lowest BCUT2D eigenvalue weighted by Crippen LogP contribution is -2.38. The molecule has 0 radical (unpaired) electrons. The first-order valence-corrected chi connectivity index (χ1v) is 13.4. The van der Waals surface area contributed by atoms with Gasteiger partial charge in [-0.2, -0.15) is 0 Å². The van der Waals surface area contributed by atoms with Crippen LogP contribution in [0.15, 0.2) is 54.0 Å². The second-order valence-corrected chi connectivity index (χ2v) is 11.2. The SMILES string of the molecule is Cc1c(Cl)cccc1NC(=O)N1Cc2c(sc3c2CCCC3)-n2cccc2[C@@H]1c1cccs1. The van der Waals surface area contributed by atoms with E-state index in [0.717, 1.165) is 34.7 Å². The Bertz CT molecular complexity index is 1340. The highest BCUT2D eigenvalue weighted by molar-refractivity contribution is 7.15. The molecule has 6 rings (SSSR count). The third-order valence-electron chi connectivity index (χ3n) is 6.76. The summed E-state index contributed by atoms with van der Waals surface area (Å²) in [5, 5.41) is 7.18. The van der Waals surface area contributed by atoms with Gasteiger partial charge < -0.3 is 14.8 Å². The van der Waals surface area contributed by atoms with Gasteiger partial charge in [0.2, 0.25) is 0 Å². The van der Waals surface area contributed by atoms with Gasteiger partial charge in [0.25, 0.3) is 0 Å². The Morgan fingerprint density at radius 2 is 1.97 bits per heavy atom. The van der Waals surface area contributed by atoms with Crippen LogP contribution in [0.5, 0.6) is 0 Å². The number of carbonyl (C=O) groups is 1. The van der Waals surface area contributed by atoms with Crippen LogP contribution in [-0.4, -0.2) is 15.5 Å². The topological polar surface area (TPSA) is 37.3 Å². The van der Waals surface area contributed by atoms with Crippen LogP contribution in [0.1, 0.15) is 51.0 Å². The molecule has 2 aliphatic rings. The van der Waals surface area contributed by atoms with Gasteiger partial charge in [-0.05, 0) is 79.4 Å². The van der Waals surface area contributed by atoms with Crippen molar-refractivity contribution in [1.82, 2.24) is 9.47 Å². The van der Waals surface area contributed by atoms with Crippen LogP contribution in [-0.2, 0) is 19.4 Å². The minimum atomic E-state index is -0.154. The predicted octanol–water partition coefficient (Wildman–Crippen LogP) is 7.58. The van der Waals surface area contributed by atoms with Gasteiger partial charge in [0.15, 0.2) is 0 Å². The maximum atomic E-state index is 13.9. The smallest absolute Gasteiger partial charge is 0.310 e. The first kappa shape index (κ1) is 21.0. The average molecular weight is 494 g/mol. The summed E-state index contributed by atoms with van der Waals surface area (Å²) in [6.07, 6.45) is 6.87. The number of urea groups is 1. The number of thiophene rings is 2. The number of halogens is 1. The monoisotopic (exact) mass is 493 g/mol. The van der Waals surface area contributed by atoms with Crippen LogP contribution < -0.4 is 5.32 Å². The van der Waals surface area contributed by atoms with E-state index in [9.17, 15) is 4.79 Å². The first-order valence-electron chi connectivity index (χ1n) is 11.3. The van der Waals surface area contributed by atoms with E-state index in [0.29, 0.717) is 11.6 Å². The zero-order chi connectivity index (χ0) is 22.5. The summed E-state index contributed by atoms with van der Waals surface area (Å²) in [7, 11) is 0. The third-order valence-corrected chi connectivity index (χ3v) is 9.43. The number of carbonyl (C=O) groups excluding carboxylic acids is 1. The number of aromatic nitrogens is 1. The van der Waals surface area contributed by atoms with Crippen molar-refractivity contribution in [3.05, 3.63) is 91.2 Å². The van der Waals surface area contributed by atoms with Crippen molar-refractivity contribution in [2.45, 2.75) is 45.2 Å². The average Bonchev–Trinajstić information content (AvgIpc) is 3.56. The van der Waals surface area contributed by atoms with Gasteiger partial charge in [0.1, 0.15) is 11.0 Å². The molecule has 1 aromatic carbocycles. The Morgan fingerprint density at radius 3 is 2.82 bits per heavy atom. The van der Waals surface area contributed by atoms with Crippen molar-refractivity contribution < 1.29 is 4.79 Å². The Balaban J connectivity index is 1.49. The number of rotatable bonds is 2. The molecule has 0 saturated carbocycles. The third kappa shape index (κ3) is 3.52. The van der Waals surface area contributed by atoms with Crippen LogP contribution in [0.2, 0.25) is 5.02 Å². The lowest BCUT2D eigenvalue weighted by molar-refractivity contribution is 0.195. The number of benzene rings is 1. The number of anilines is 1. The lowest BCUT2D eigenvalue weighted by Gasteiger charge is -2.30. The second-order valence-electron chi connectivity index (χ2n) is 8.69. The van der Waals surface area contributed by atoms with Crippen molar-refractivity contribution in [2.75, 3.05) is 5.32 Å². The Hall–Kier alpha value is -2.54. The fraction of sp³-hybridized carbons (Fsp3) is 0.269. The summed E-state index contributed by atoms with van der Waals surface area (Å²) in [6.45, 7) is 2.53.